The van der Waals surface area contributed by atoms with Crippen LogP contribution in [-0.2, 0) is 16.6 Å². The van der Waals surface area contributed by atoms with Crippen molar-refractivity contribution < 1.29 is 13.2 Å². The van der Waals surface area contributed by atoms with E-state index in [-0.39, 0.29) is 6.54 Å². The number of fused-ring (bicyclic) bond motifs is 1. The lowest BCUT2D eigenvalue weighted by molar-refractivity contribution is 0.414. The number of nitrogens with one attached hydrogen (secondary N) is 2. The first kappa shape index (κ1) is 19.8. The topological polar surface area (TPSA) is 70.7 Å². The highest BCUT2D eigenvalue weighted by Crippen LogP contribution is 2.39. The molecular weight excluding hydrogens is 386 g/mol. The maximum absolute atomic E-state index is 13.3. The Balaban J connectivity index is 1.67. The number of hydrogen-bond donors (Lipinski definition) is 2. The van der Waals surface area contributed by atoms with Crippen molar-refractivity contribution in [1.29, 1.82) is 0 Å². The van der Waals surface area contributed by atoms with Crippen molar-refractivity contribution in [2.45, 2.75) is 30.7 Å². The summed E-state index contributed by atoms with van der Waals surface area (Å²) in [5, 5.41) is 3.34. The zero-order valence-electron chi connectivity index (χ0n) is 16.9. The van der Waals surface area contributed by atoms with Crippen LogP contribution in [-0.4, -0.2) is 35.7 Å². The Morgan fingerprint density at radius 1 is 1.21 bits per heavy atom. The quantitative estimate of drug-likeness (QED) is 0.757. The minimum Gasteiger partial charge on any atom is -0.497 e. The number of allylic oxidation sites excluding steroid dienone is 2. The first-order valence-corrected chi connectivity index (χ1v) is 11.4. The summed E-state index contributed by atoms with van der Waals surface area (Å²) in [5.41, 5.74) is 4.74. The van der Waals surface area contributed by atoms with Gasteiger partial charge in [-0.05, 0) is 60.2 Å². The molecule has 0 atom stereocenters. The van der Waals surface area contributed by atoms with E-state index >= 15 is 0 Å². The van der Waals surface area contributed by atoms with Crippen molar-refractivity contribution in [2.75, 3.05) is 37.5 Å². The third-order valence-corrected chi connectivity index (χ3v) is 7.01. The zero-order valence-corrected chi connectivity index (χ0v) is 17.7. The molecule has 0 bridgehead atoms. The Bertz CT molecular complexity index is 1030. The van der Waals surface area contributed by atoms with Gasteiger partial charge in [0.2, 0.25) is 10.0 Å². The molecule has 2 aliphatic rings. The SMILES string of the molecule is COc1ccc(CNS(=O)(=O)c2cc3c(cc2C2=CCCC2)N(C)CCN3)cc1. The molecule has 154 valence electrons. The molecule has 2 aromatic rings. The summed E-state index contributed by atoms with van der Waals surface area (Å²) < 4.78 is 34.5. The number of ether oxygens (including phenoxy) is 1. The number of nitrogens with zero attached hydrogens (tertiary/aromatic N) is 1. The minimum absolute atomic E-state index is 0.231. The lowest BCUT2D eigenvalue weighted by Crippen LogP contribution is -2.31. The van der Waals surface area contributed by atoms with E-state index in [9.17, 15) is 8.42 Å². The Kier molecular flexibility index (Phi) is 5.52. The molecule has 7 heteroatoms. The van der Waals surface area contributed by atoms with Gasteiger partial charge in [-0.2, -0.15) is 0 Å². The highest BCUT2D eigenvalue weighted by Gasteiger charge is 2.26. The van der Waals surface area contributed by atoms with Crippen LogP contribution in [0.5, 0.6) is 5.75 Å². The number of anilines is 2. The second-order valence-electron chi connectivity index (χ2n) is 7.51. The molecular formula is C22H27N3O3S. The van der Waals surface area contributed by atoms with Gasteiger partial charge in [-0.3, -0.25) is 0 Å². The second-order valence-corrected chi connectivity index (χ2v) is 9.24. The van der Waals surface area contributed by atoms with Gasteiger partial charge in [0.25, 0.3) is 0 Å². The van der Waals surface area contributed by atoms with Gasteiger partial charge < -0.3 is 15.0 Å². The van der Waals surface area contributed by atoms with Crippen LogP contribution in [0.3, 0.4) is 0 Å². The Morgan fingerprint density at radius 3 is 2.69 bits per heavy atom. The molecule has 0 spiro atoms. The molecule has 0 aromatic heterocycles. The van der Waals surface area contributed by atoms with Crippen LogP contribution in [0.15, 0.2) is 47.4 Å². The smallest absolute Gasteiger partial charge is 0.241 e. The van der Waals surface area contributed by atoms with Crippen LogP contribution < -0.4 is 19.7 Å². The molecule has 1 heterocycles. The fourth-order valence-corrected chi connectivity index (χ4v) is 5.16. The van der Waals surface area contributed by atoms with E-state index in [1.54, 1.807) is 13.2 Å². The number of likely N-dealkylation sites (N-methyl/N-ethyl adjacent to an activating group) is 1. The average molecular weight is 414 g/mol. The second kappa shape index (κ2) is 8.08. The van der Waals surface area contributed by atoms with Gasteiger partial charge in [-0.25, -0.2) is 13.1 Å². The number of sulfonamides is 1. The minimum atomic E-state index is -3.67. The van der Waals surface area contributed by atoms with E-state index in [0.717, 1.165) is 66.2 Å². The molecule has 2 N–H and O–H groups in total. The van der Waals surface area contributed by atoms with Gasteiger partial charge in [-0.1, -0.05) is 18.2 Å². The van der Waals surface area contributed by atoms with Crippen LogP contribution in [0.4, 0.5) is 11.4 Å². The molecule has 4 rings (SSSR count). The van der Waals surface area contributed by atoms with Crippen LogP contribution in [0.1, 0.15) is 30.4 Å². The van der Waals surface area contributed by atoms with Crippen molar-refractivity contribution in [2.24, 2.45) is 0 Å². The molecule has 0 fully saturated rings. The summed E-state index contributed by atoms with van der Waals surface area (Å²) >= 11 is 0. The highest BCUT2D eigenvalue weighted by atomic mass is 32.2. The van der Waals surface area contributed by atoms with Crippen molar-refractivity contribution in [3.05, 3.63) is 53.6 Å². The van der Waals surface area contributed by atoms with Gasteiger partial charge in [-0.15, -0.1) is 0 Å². The summed E-state index contributed by atoms with van der Waals surface area (Å²) in [5.74, 6) is 0.747. The van der Waals surface area contributed by atoms with Gasteiger partial charge in [0, 0.05) is 26.7 Å². The number of hydrogen-bond acceptors (Lipinski definition) is 5. The van der Waals surface area contributed by atoms with E-state index < -0.39 is 10.0 Å². The Morgan fingerprint density at radius 2 is 2.00 bits per heavy atom. The highest BCUT2D eigenvalue weighted by molar-refractivity contribution is 7.89. The predicted molar refractivity (Wildman–Crippen MR) is 117 cm³/mol. The molecule has 1 aliphatic carbocycles. The number of benzene rings is 2. The summed E-state index contributed by atoms with van der Waals surface area (Å²) in [6.45, 7) is 1.92. The molecule has 0 radical (unpaired) electrons. The first-order valence-electron chi connectivity index (χ1n) is 9.93. The van der Waals surface area contributed by atoms with Crippen molar-refractivity contribution in [3.8, 4) is 5.75 Å². The fraction of sp³-hybridized carbons (Fsp3) is 0.364. The Labute approximate surface area is 172 Å². The van der Waals surface area contributed by atoms with E-state index in [1.807, 2.05) is 37.4 Å². The normalized spacial score (nSPS) is 16.2. The predicted octanol–water partition coefficient (Wildman–Crippen LogP) is 3.60. The largest absolute Gasteiger partial charge is 0.497 e. The molecule has 1 aliphatic heterocycles. The standard InChI is InChI=1S/C22H27N3O3S/c1-25-12-11-23-20-14-22(19(13-21(20)25)17-5-3-4-6-17)29(26,27)24-15-16-7-9-18(28-2)10-8-16/h5,7-10,13-14,23-24H,3-4,6,11-12,15H2,1-2H3. The number of rotatable bonds is 6. The van der Waals surface area contributed by atoms with Crippen molar-refractivity contribution in [1.82, 2.24) is 4.72 Å². The maximum atomic E-state index is 13.3. The third-order valence-electron chi connectivity index (χ3n) is 5.57. The van der Waals surface area contributed by atoms with Crippen LogP contribution in [0.2, 0.25) is 0 Å². The lowest BCUT2D eigenvalue weighted by Gasteiger charge is -2.30. The van der Waals surface area contributed by atoms with Gasteiger partial charge in [0.1, 0.15) is 5.75 Å². The summed E-state index contributed by atoms with van der Waals surface area (Å²) in [6, 6.07) is 11.2. The summed E-state index contributed by atoms with van der Waals surface area (Å²) in [7, 11) is -0.0199. The molecule has 2 aromatic carbocycles. The first-order chi connectivity index (χ1) is 14.0. The van der Waals surface area contributed by atoms with E-state index in [0.29, 0.717) is 4.90 Å². The molecule has 6 nitrogen and oxygen atoms in total. The van der Waals surface area contributed by atoms with Crippen LogP contribution in [0.25, 0.3) is 5.57 Å². The Hall–Kier alpha value is -2.51. The van der Waals surface area contributed by atoms with Gasteiger partial charge in [0.15, 0.2) is 0 Å². The molecule has 0 saturated heterocycles. The fourth-order valence-electron chi connectivity index (χ4n) is 3.89. The van der Waals surface area contributed by atoms with E-state index in [1.165, 1.54) is 0 Å². The average Bonchev–Trinajstić information content (AvgIpc) is 3.27. The van der Waals surface area contributed by atoms with Gasteiger partial charge >= 0.3 is 0 Å². The maximum Gasteiger partial charge on any atom is 0.241 e. The summed E-state index contributed by atoms with van der Waals surface area (Å²) in [6.07, 6.45) is 5.15. The monoisotopic (exact) mass is 413 g/mol. The molecule has 0 unspecified atom stereocenters. The zero-order chi connectivity index (χ0) is 20.4. The lowest BCUT2D eigenvalue weighted by atomic mass is 10.0. The van der Waals surface area contributed by atoms with Gasteiger partial charge in [0.05, 0.1) is 23.4 Å². The third kappa shape index (κ3) is 4.11. The number of methoxy groups -OCH3 is 1. The van der Waals surface area contributed by atoms with Crippen LogP contribution >= 0.6 is 0 Å². The van der Waals surface area contributed by atoms with E-state index in [2.05, 4.69) is 21.0 Å². The molecule has 0 saturated carbocycles. The van der Waals surface area contributed by atoms with Crippen LogP contribution in [0, 0.1) is 0 Å². The molecule has 0 amide bonds. The van der Waals surface area contributed by atoms with E-state index in [4.69, 9.17) is 4.74 Å². The van der Waals surface area contributed by atoms with Crippen molar-refractivity contribution in [3.63, 3.8) is 0 Å². The summed E-state index contributed by atoms with van der Waals surface area (Å²) in [4.78, 5) is 2.52. The molecule has 29 heavy (non-hydrogen) atoms. The van der Waals surface area contributed by atoms with Crippen molar-refractivity contribution >= 4 is 27.0 Å².